The van der Waals surface area contributed by atoms with Crippen LogP contribution in [0, 0.1) is 6.92 Å². The predicted octanol–water partition coefficient (Wildman–Crippen LogP) is 2.31. The van der Waals surface area contributed by atoms with E-state index < -0.39 is 0 Å². The quantitative estimate of drug-likeness (QED) is 0.620. The van der Waals surface area contributed by atoms with Crippen LogP contribution in [0.4, 0.5) is 5.82 Å². The highest BCUT2D eigenvalue weighted by atomic mass is 35.5. The first-order valence-electron chi connectivity index (χ1n) is 7.60. The summed E-state index contributed by atoms with van der Waals surface area (Å²) in [6, 6.07) is 0.881. The lowest BCUT2D eigenvalue weighted by Crippen LogP contribution is -2.59. The Morgan fingerprint density at radius 2 is 2.10 bits per heavy atom. The number of anilines is 1. The number of piperazine rings is 1. The van der Waals surface area contributed by atoms with Gasteiger partial charge in [-0.2, -0.15) is 0 Å². The number of aryl methyl sites for hydroxylation is 1. The molecule has 0 N–H and O–H groups in total. The van der Waals surface area contributed by atoms with Crippen LogP contribution in [-0.4, -0.2) is 52.9 Å². The molecule has 5 nitrogen and oxygen atoms in total. The summed E-state index contributed by atoms with van der Waals surface area (Å²) in [5, 5.41) is 0.255. The van der Waals surface area contributed by atoms with Gasteiger partial charge in [-0.25, -0.2) is 9.97 Å². The van der Waals surface area contributed by atoms with Gasteiger partial charge in [-0.1, -0.05) is 18.0 Å². The lowest BCUT2D eigenvalue weighted by atomic mass is 9.97. The monoisotopic (exact) mass is 308 g/mol. The summed E-state index contributed by atoms with van der Waals surface area (Å²) in [7, 11) is 0. The normalized spacial score (nSPS) is 26.5. The van der Waals surface area contributed by atoms with Gasteiger partial charge in [0.2, 0.25) is 0 Å². The zero-order valence-electron chi connectivity index (χ0n) is 12.5. The van der Waals surface area contributed by atoms with Crippen molar-refractivity contribution < 1.29 is 4.79 Å². The fourth-order valence-electron chi connectivity index (χ4n) is 3.50. The second kappa shape index (κ2) is 5.89. The summed E-state index contributed by atoms with van der Waals surface area (Å²) in [5.41, 5.74) is 0.415. The maximum Gasteiger partial charge on any atom is 0.156 e. The van der Waals surface area contributed by atoms with Crippen LogP contribution in [-0.2, 0) is 0 Å². The number of hydrogen-bond donors (Lipinski definition) is 0. The van der Waals surface area contributed by atoms with E-state index in [4.69, 9.17) is 11.6 Å². The van der Waals surface area contributed by atoms with Crippen molar-refractivity contribution in [1.82, 2.24) is 14.9 Å². The van der Waals surface area contributed by atoms with Crippen LogP contribution < -0.4 is 4.90 Å². The van der Waals surface area contributed by atoms with Crippen molar-refractivity contribution >= 4 is 23.7 Å². The Kier molecular flexibility index (Phi) is 4.13. The molecule has 1 aromatic heterocycles. The number of aromatic nitrogens is 2. The van der Waals surface area contributed by atoms with E-state index in [1.54, 1.807) is 0 Å². The highest BCUT2D eigenvalue weighted by Gasteiger charge is 2.34. The van der Waals surface area contributed by atoms with E-state index in [-0.39, 0.29) is 5.15 Å². The molecular weight excluding hydrogens is 288 g/mol. The fraction of sp³-hybridized carbons (Fsp3) is 0.667. The van der Waals surface area contributed by atoms with Crippen molar-refractivity contribution in [2.24, 2.45) is 0 Å². The zero-order chi connectivity index (χ0) is 15.0. The molecule has 2 aliphatic heterocycles. The third-order valence-corrected chi connectivity index (χ3v) is 4.86. The summed E-state index contributed by atoms with van der Waals surface area (Å²) < 4.78 is 0. The smallest absolute Gasteiger partial charge is 0.156 e. The fourth-order valence-corrected chi connectivity index (χ4v) is 3.75. The Morgan fingerprint density at radius 1 is 1.29 bits per heavy atom. The SMILES string of the molecule is Cc1nc(Cl)c(C=O)c(N2CC3CCCCN3CC2C)n1. The van der Waals surface area contributed by atoms with E-state index in [9.17, 15) is 4.79 Å². The van der Waals surface area contributed by atoms with E-state index in [1.807, 2.05) is 6.92 Å². The van der Waals surface area contributed by atoms with Crippen LogP contribution in [0.2, 0.25) is 5.15 Å². The van der Waals surface area contributed by atoms with Gasteiger partial charge in [-0.05, 0) is 33.2 Å². The standard InChI is InChI=1S/C15H21ClN4O/c1-10-7-19-6-4-3-5-12(19)8-20(10)15-13(9-21)14(16)17-11(2)18-15/h9-10,12H,3-8H2,1-2H3. The molecule has 114 valence electrons. The van der Waals surface area contributed by atoms with Crippen LogP contribution in [0.25, 0.3) is 0 Å². The largest absolute Gasteiger partial charge is 0.350 e. The number of halogens is 1. The highest BCUT2D eigenvalue weighted by molar-refractivity contribution is 6.32. The maximum absolute atomic E-state index is 11.4. The molecule has 0 amide bonds. The predicted molar refractivity (Wildman–Crippen MR) is 83.2 cm³/mol. The highest BCUT2D eigenvalue weighted by Crippen LogP contribution is 2.30. The van der Waals surface area contributed by atoms with Crippen molar-refractivity contribution in [3.05, 3.63) is 16.5 Å². The van der Waals surface area contributed by atoms with Gasteiger partial charge in [0.15, 0.2) is 6.29 Å². The molecule has 0 aromatic carbocycles. The van der Waals surface area contributed by atoms with Crippen LogP contribution in [0.1, 0.15) is 42.4 Å². The first-order chi connectivity index (χ1) is 10.1. The first-order valence-corrected chi connectivity index (χ1v) is 7.98. The number of aldehydes is 1. The van der Waals surface area contributed by atoms with Crippen molar-refractivity contribution in [3.8, 4) is 0 Å². The van der Waals surface area contributed by atoms with Crippen LogP contribution in [0.5, 0.6) is 0 Å². The average molecular weight is 309 g/mol. The first kappa shape index (κ1) is 14.7. The van der Waals surface area contributed by atoms with Crippen molar-refractivity contribution in [2.45, 2.75) is 45.2 Å². The molecule has 2 atom stereocenters. The maximum atomic E-state index is 11.4. The molecule has 3 rings (SSSR count). The number of fused-ring (bicyclic) bond motifs is 1. The van der Waals surface area contributed by atoms with Gasteiger partial charge in [0.05, 0.1) is 5.56 Å². The second-order valence-electron chi connectivity index (χ2n) is 6.06. The molecular formula is C15H21ClN4O. The van der Waals surface area contributed by atoms with Gasteiger partial charge >= 0.3 is 0 Å². The zero-order valence-corrected chi connectivity index (χ0v) is 13.3. The summed E-state index contributed by atoms with van der Waals surface area (Å²) in [5.74, 6) is 1.30. The van der Waals surface area contributed by atoms with Crippen molar-refractivity contribution in [1.29, 1.82) is 0 Å². The summed E-state index contributed by atoms with van der Waals surface area (Å²) in [6.07, 6.45) is 4.57. The molecule has 6 heteroatoms. The molecule has 0 bridgehead atoms. The number of piperidine rings is 1. The molecule has 2 aliphatic rings. The number of hydrogen-bond acceptors (Lipinski definition) is 5. The molecule has 0 aliphatic carbocycles. The van der Waals surface area contributed by atoms with Gasteiger partial charge in [-0.3, -0.25) is 9.69 Å². The molecule has 3 heterocycles. The number of rotatable bonds is 2. The average Bonchev–Trinajstić information content (AvgIpc) is 2.45. The molecule has 0 spiro atoms. The van der Waals surface area contributed by atoms with Gasteiger partial charge in [0.25, 0.3) is 0 Å². The molecule has 21 heavy (non-hydrogen) atoms. The summed E-state index contributed by atoms with van der Waals surface area (Å²) >= 11 is 6.12. The van der Waals surface area contributed by atoms with Gasteiger partial charge in [0, 0.05) is 25.2 Å². The Hall–Kier alpha value is -1.20. The van der Waals surface area contributed by atoms with Gasteiger partial charge < -0.3 is 4.90 Å². The minimum atomic E-state index is 0.255. The van der Waals surface area contributed by atoms with Crippen molar-refractivity contribution in [3.63, 3.8) is 0 Å². The lowest BCUT2D eigenvalue weighted by molar-refractivity contribution is 0.111. The van der Waals surface area contributed by atoms with Crippen LogP contribution in [0.3, 0.4) is 0 Å². The van der Waals surface area contributed by atoms with E-state index in [1.165, 1.54) is 25.8 Å². The topological polar surface area (TPSA) is 49.3 Å². The Labute approximate surface area is 130 Å². The molecule has 0 radical (unpaired) electrons. The molecule has 2 fully saturated rings. The van der Waals surface area contributed by atoms with E-state index in [2.05, 4.69) is 26.7 Å². The third kappa shape index (κ3) is 2.77. The minimum Gasteiger partial charge on any atom is -0.350 e. The van der Waals surface area contributed by atoms with E-state index >= 15 is 0 Å². The Morgan fingerprint density at radius 3 is 2.86 bits per heavy atom. The third-order valence-electron chi connectivity index (χ3n) is 4.57. The minimum absolute atomic E-state index is 0.255. The van der Waals surface area contributed by atoms with Crippen LogP contribution >= 0.6 is 11.6 Å². The second-order valence-corrected chi connectivity index (χ2v) is 6.42. The Bertz CT molecular complexity index is 551. The number of carbonyl (C=O) groups is 1. The number of nitrogens with zero attached hydrogens (tertiary/aromatic N) is 4. The molecule has 2 unspecified atom stereocenters. The molecule has 1 aromatic rings. The molecule has 2 saturated heterocycles. The van der Waals surface area contributed by atoms with Crippen LogP contribution in [0.15, 0.2) is 0 Å². The summed E-state index contributed by atoms with van der Waals surface area (Å²) in [6.45, 7) is 7.11. The van der Waals surface area contributed by atoms with E-state index in [0.29, 0.717) is 29.3 Å². The van der Waals surface area contributed by atoms with Crippen molar-refractivity contribution in [2.75, 3.05) is 24.5 Å². The Balaban J connectivity index is 1.94. The summed E-state index contributed by atoms with van der Waals surface area (Å²) in [4.78, 5) is 24.8. The van der Waals surface area contributed by atoms with Gasteiger partial charge in [0.1, 0.15) is 16.8 Å². The lowest BCUT2D eigenvalue weighted by Gasteiger charge is -2.48. The van der Waals surface area contributed by atoms with E-state index in [0.717, 1.165) is 19.4 Å². The van der Waals surface area contributed by atoms with Gasteiger partial charge in [-0.15, -0.1) is 0 Å². The molecule has 0 saturated carbocycles. The number of carbonyl (C=O) groups excluding carboxylic acids is 1.